The summed E-state index contributed by atoms with van der Waals surface area (Å²) in [6.45, 7) is 2.03. The van der Waals surface area contributed by atoms with E-state index >= 15 is 0 Å². The molecule has 0 bridgehead atoms. The van der Waals surface area contributed by atoms with Gasteiger partial charge < -0.3 is 0 Å². The van der Waals surface area contributed by atoms with Crippen molar-refractivity contribution in [3.05, 3.63) is 10.1 Å². The first kappa shape index (κ1) is 9.49. The van der Waals surface area contributed by atoms with Crippen molar-refractivity contribution in [3.63, 3.8) is 0 Å². The molecule has 0 amide bonds. The normalized spacial score (nSPS) is 22.1. The monoisotopic (exact) mass is 171 g/mol. The van der Waals surface area contributed by atoms with Gasteiger partial charge in [-0.05, 0) is 19.3 Å². The minimum Gasteiger partial charge on any atom is -0.264 e. The maximum atomic E-state index is 10.9. The highest BCUT2D eigenvalue weighted by Crippen LogP contribution is 2.34. The minimum atomic E-state index is -0.549. The topological polar surface area (TPSA) is 43.1 Å². The number of rotatable bonds is 3. The van der Waals surface area contributed by atoms with Gasteiger partial charge in [-0.2, -0.15) is 0 Å². The highest BCUT2D eigenvalue weighted by atomic mass is 16.6. The van der Waals surface area contributed by atoms with Crippen LogP contribution in [0.4, 0.5) is 0 Å². The van der Waals surface area contributed by atoms with Gasteiger partial charge in [0, 0.05) is 24.2 Å². The van der Waals surface area contributed by atoms with Crippen molar-refractivity contribution in [2.75, 3.05) is 0 Å². The lowest BCUT2D eigenvalue weighted by Gasteiger charge is -2.28. The summed E-state index contributed by atoms with van der Waals surface area (Å²) in [6.07, 6.45) is 6.56. The van der Waals surface area contributed by atoms with Crippen molar-refractivity contribution in [1.82, 2.24) is 0 Å². The van der Waals surface area contributed by atoms with E-state index in [1.165, 1.54) is 6.42 Å². The first-order valence-corrected chi connectivity index (χ1v) is 4.86. The van der Waals surface area contributed by atoms with Crippen molar-refractivity contribution >= 4 is 0 Å². The molecule has 0 saturated heterocycles. The molecule has 1 fully saturated rings. The second-order valence-electron chi connectivity index (χ2n) is 3.79. The molecule has 0 radical (unpaired) electrons. The first-order valence-electron chi connectivity index (χ1n) is 4.86. The van der Waals surface area contributed by atoms with Gasteiger partial charge in [-0.15, -0.1) is 0 Å². The summed E-state index contributed by atoms with van der Waals surface area (Å²) >= 11 is 0. The van der Waals surface area contributed by atoms with E-state index in [4.69, 9.17) is 0 Å². The summed E-state index contributed by atoms with van der Waals surface area (Å²) in [5.74, 6) is 0. The van der Waals surface area contributed by atoms with Crippen molar-refractivity contribution in [3.8, 4) is 0 Å². The van der Waals surface area contributed by atoms with Gasteiger partial charge in [0.05, 0.1) is 0 Å². The molecule has 1 aliphatic carbocycles. The molecule has 0 aromatic heterocycles. The Kier molecular flexibility index (Phi) is 3.06. The fraction of sp³-hybridized carbons (Fsp3) is 1.00. The van der Waals surface area contributed by atoms with Crippen molar-refractivity contribution in [2.24, 2.45) is 0 Å². The van der Waals surface area contributed by atoms with Crippen LogP contribution in [0.5, 0.6) is 0 Å². The van der Waals surface area contributed by atoms with E-state index in [-0.39, 0.29) is 4.92 Å². The molecule has 0 unspecified atom stereocenters. The van der Waals surface area contributed by atoms with Crippen molar-refractivity contribution < 1.29 is 4.92 Å². The second-order valence-corrected chi connectivity index (χ2v) is 3.79. The van der Waals surface area contributed by atoms with Gasteiger partial charge >= 0.3 is 0 Å². The first-order chi connectivity index (χ1) is 5.71. The molecule has 1 saturated carbocycles. The smallest absolute Gasteiger partial charge is 0.222 e. The van der Waals surface area contributed by atoms with Gasteiger partial charge in [0.15, 0.2) is 0 Å². The quantitative estimate of drug-likeness (QED) is 0.484. The molecule has 0 aromatic carbocycles. The maximum absolute atomic E-state index is 10.9. The van der Waals surface area contributed by atoms with E-state index in [0.717, 1.165) is 38.5 Å². The van der Waals surface area contributed by atoms with E-state index in [1.54, 1.807) is 0 Å². The molecule has 0 aliphatic heterocycles. The second kappa shape index (κ2) is 3.87. The molecule has 70 valence electrons. The van der Waals surface area contributed by atoms with Crippen LogP contribution in [0.2, 0.25) is 0 Å². The van der Waals surface area contributed by atoms with Crippen LogP contribution >= 0.6 is 0 Å². The zero-order chi connectivity index (χ0) is 9.03. The highest BCUT2D eigenvalue weighted by molar-refractivity contribution is 4.82. The van der Waals surface area contributed by atoms with E-state index in [0.29, 0.717) is 0 Å². The van der Waals surface area contributed by atoms with Gasteiger partial charge in [0.2, 0.25) is 5.54 Å². The summed E-state index contributed by atoms with van der Waals surface area (Å²) in [5, 5.41) is 10.9. The van der Waals surface area contributed by atoms with Crippen LogP contribution < -0.4 is 0 Å². The Morgan fingerprint density at radius 2 is 1.92 bits per heavy atom. The lowest BCUT2D eigenvalue weighted by Crippen LogP contribution is -2.40. The Morgan fingerprint density at radius 3 is 2.33 bits per heavy atom. The number of nitro groups is 1. The highest BCUT2D eigenvalue weighted by Gasteiger charge is 2.42. The Morgan fingerprint density at radius 1 is 1.33 bits per heavy atom. The van der Waals surface area contributed by atoms with Crippen LogP contribution in [0, 0.1) is 10.1 Å². The Bertz CT molecular complexity index is 156. The van der Waals surface area contributed by atoms with Crippen molar-refractivity contribution in [2.45, 2.75) is 57.4 Å². The predicted octanol–water partition coefficient (Wildman–Crippen LogP) is 2.77. The molecule has 0 heterocycles. The van der Waals surface area contributed by atoms with E-state index in [1.807, 2.05) is 6.92 Å². The fourth-order valence-corrected chi connectivity index (χ4v) is 2.20. The molecular weight excluding hydrogens is 154 g/mol. The molecular formula is C9H17NO2. The fourth-order valence-electron chi connectivity index (χ4n) is 2.20. The average Bonchev–Trinajstić information content (AvgIpc) is 2.06. The van der Waals surface area contributed by atoms with Gasteiger partial charge in [0.1, 0.15) is 0 Å². The predicted molar refractivity (Wildman–Crippen MR) is 47.7 cm³/mol. The zero-order valence-electron chi connectivity index (χ0n) is 7.71. The summed E-state index contributed by atoms with van der Waals surface area (Å²) in [6, 6.07) is 0. The molecule has 1 aliphatic rings. The van der Waals surface area contributed by atoms with E-state index in [9.17, 15) is 10.1 Å². The summed E-state index contributed by atoms with van der Waals surface area (Å²) < 4.78 is 0. The Labute approximate surface area is 73.3 Å². The van der Waals surface area contributed by atoms with E-state index < -0.39 is 5.54 Å². The largest absolute Gasteiger partial charge is 0.264 e. The molecule has 12 heavy (non-hydrogen) atoms. The lowest BCUT2D eigenvalue weighted by atomic mass is 9.79. The molecule has 3 nitrogen and oxygen atoms in total. The zero-order valence-corrected chi connectivity index (χ0v) is 7.71. The molecule has 0 atom stereocenters. The van der Waals surface area contributed by atoms with Crippen LogP contribution in [0.1, 0.15) is 51.9 Å². The van der Waals surface area contributed by atoms with Gasteiger partial charge in [-0.25, -0.2) is 0 Å². The molecule has 0 aromatic rings. The third-order valence-electron chi connectivity index (χ3n) is 2.89. The Hall–Kier alpha value is -0.600. The van der Waals surface area contributed by atoms with Crippen LogP contribution in [-0.4, -0.2) is 10.5 Å². The molecule has 3 heteroatoms. The minimum absolute atomic E-state index is 0.0321. The number of hydrogen-bond donors (Lipinski definition) is 0. The van der Waals surface area contributed by atoms with Gasteiger partial charge in [-0.3, -0.25) is 10.1 Å². The lowest BCUT2D eigenvalue weighted by molar-refractivity contribution is -0.576. The Balaban J connectivity index is 2.63. The summed E-state index contributed by atoms with van der Waals surface area (Å²) in [5.41, 5.74) is -0.549. The molecule has 0 spiro atoms. The standard InChI is InChI=1S/C9H17NO2/c1-2-6-9(10(11)12)7-4-3-5-8-9/h2-8H2,1H3. The SMILES string of the molecule is CCCC1([N+](=O)[O-])CCCCC1. The third kappa shape index (κ3) is 1.76. The van der Waals surface area contributed by atoms with Crippen LogP contribution in [0.3, 0.4) is 0 Å². The third-order valence-corrected chi connectivity index (χ3v) is 2.89. The number of nitrogens with zero attached hydrogens (tertiary/aromatic N) is 1. The van der Waals surface area contributed by atoms with E-state index in [2.05, 4.69) is 0 Å². The number of hydrogen-bond acceptors (Lipinski definition) is 2. The summed E-state index contributed by atoms with van der Waals surface area (Å²) in [4.78, 5) is 10.8. The van der Waals surface area contributed by atoms with Gasteiger partial charge in [0.25, 0.3) is 0 Å². The maximum Gasteiger partial charge on any atom is 0.222 e. The van der Waals surface area contributed by atoms with Crippen molar-refractivity contribution in [1.29, 1.82) is 0 Å². The molecule has 0 N–H and O–H groups in total. The molecule has 1 rings (SSSR count). The van der Waals surface area contributed by atoms with Gasteiger partial charge in [-0.1, -0.05) is 13.3 Å². The van der Waals surface area contributed by atoms with Crippen LogP contribution in [0.15, 0.2) is 0 Å². The van der Waals surface area contributed by atoms with Crippen LogP contribution in [-0.2, 0) is 0 Å². The average molecular weight is 171 g/mol. The summed E-state index contributed by atoms with van der Waals surface area (Å²) in [7, 11) is 0. The van der Waals surface area contributed by atoms with Crippen LogP contribution in [0.25, 0.3) is 0 Å².